The number of rotatable bonds is 5. The molecule has 0 fully saturated rings. The van der Waals surface area contributed by atoms with Crippen LogP contribution >= 0.6 is 11.3 Å². The van der Waals surface area contributed by atoms with E-state index in [1.54, 1.807) is 14.2 Å². The van der Waals surface area contributed by atoms with Gasteiger partial charge in [0.1, 0.15) is 16.5 Å². The summed E-state index contributed by atoms with van der Waals surface area (Å²) in [6, 6.07) is 5.84. The Morgan fingerprint density at radius 3 is 2.32 bits per heavy atom. The molecule has 1 N–H and O–H groups in total. The van der Waals surface area contributed by atoms with Crippen LogP contribution in [-0.2, 0) is 0 Å². The van der Waals surface area contributed by atoms with E-state index in [0.717, 1.165) is 27.1 Å². The molecule has 0 aliphatic rings. The third-order valence-electron chi connectivity index (χ3n) is 2.89. The van der Waals surface area contributed by atoms with E-state index in [1.807, 2.05) is 32.2 Å². The zero-order chi connectivity index (χ0) is 13.8. The number of methoxy groups -OCH3 is 2. The van der Waals surface area contributed by atoms with E-state index in [4.69, 9.17) is 9.47 Å². The summed E-state index contributed by atoms with van der Waals surface area (Å²) in [5.41, 5.74) is 0.847. The Morgan fingerprint density at radius 2 is 1.79 bits per heavy atom. The molecule has 0 aliphatic carbocycles. The minimum atomic E-state index is 0.173. The van der Waals surface area contributed by atoms with Crippen LogP contribution in [0.15, 0.2) is 18.2 Å². The lowest BCUT2D eigenvalue weighted by atomic mass is 10.2. The molecule has 0 bridgehead atoms. The van der Waals surface area contributed by atoms with Gasteiger partial charge in [-0.3, -0.25) is 0 Å². The fourth-order valence-corrected chi connectivity index (χ4v) is 2.66. The first kappa shape index (κ1) is 13.8. The number of nitrogens with zero attached hydrogens (tertiary/aromatic N) is 2. The largest absolute Gasteiger partial charge is 0.496 e. The van der Waals surface area contributed by atoms with Crippen molar-refractivity contribution < 1.29 is 9.47 Å². The second kappa shape index (κ2) is 5.99. The van der Waals surface area contributed by atoms with Crippen LogP contribution in [0.5, 0.6) is 11.5 Å². The second-order valence-electron chi connectivity index (χ2n) is 3.99. The first-order valence-electron chi connectivity index (χ1n) is 5.93. The van der Waals surface area contributed by atoms with Crippen LogP contribution in [0.25, 0.3) is 10.6 Å². The van der Waals surface area contributed by atoms with Crippen LogP contribution in [0.3, 0.4) is 0 Å². The summed E-state index contributed by atoms with van der Waals surface area (Å²) < 4.78 is 10.8. The Hall–Kier alpha value is -1.66. The molecule has 0 aliphatic heterocycles. The second-order valence-corrected chi connectivity index (χ2v) is 5.00. The predicted octanol–water partition coefficient (Wildman–Crippen LogP) is 2.50. The quantitative estimate of drug-likeness (QED) is 0.911. The standard InChI is InChI=1S/C13H17N3O2S/c1-8(14-2)12-15-16-13(19-12)11-9(17-3)6-5-7-10(11)18-4/h5-8,14H,1-4H3. The van der Waals surface area contributed by atoms with Gasteiger partial charge in [0, 0.05) is 0 Å². The lowest BCUT2D eigenvalue weighted by Crippen LogP contribution is -2.11. The highest BCUT2D eigenvalue weighted by Crippen LogP contribution is 2.40. The summed E-state index contributed by atoms with van der Waals surface area (Å²) >= 11 is 1.53. The van der Waals surface area contributed by atoms with E-state index in [9.17, 15) is 0 Å². The first-order chi connectivity index (χ1) is 9.21. The molecule has 1 heterocycles. The average molecular weight is 279 g/mol. The van der Waals surface area contributed by atoms with Gasteiger partial charge in [-0.15, -0.1) is 10.2 Å². The van der Waals surface area contributed by atoms with Gasteiger partial charge in [0.25, 0.3) is 0 Å². The van der Waals surface area contributed by atoms with E-state index < -0.39 is 0 Å². The number of nitrogens with one attached hydrogen (secondary N) is 1. The van der Waals surface area contributed by atoms with Crippen molar-refractivity contribution in [1.29, 1.82) is 0 Å². The lowest BCUT2D eigenvalue weighted by molar-refractivity contribution is 0.397. The average Bonchev–Trinajstić information content (AvgIpc) is 2.94. The molecule has 1 aromatic carbocycles. The molecule has 1 aromatic heterocycles. The fraction of sp³-hybridized carbons (Fsp3) is 0.385. The summed E-state index contributed by atoms with van der Waals surface area (Å²) in [5, 5.41) is 13.3. The molecule has 6 heteroatoms. The minimum absolute atomic E-state index is 0.173. The number of hydrogen-bond acceptors (Lipinski definition) is 6. The molecule has 2 rings (SSSR count). The van der Waals surface area contributed by atoms with E-state index in [1.165, 1.54) is 11.3 Å². The maximum atomic E-state index is 5.38. The summed E-state index contributed by atoms with van der Waals surface area (Å²) in [5.74, 6) is 1.47. The van der Waals surface area contributed by atoms with Gasteiger partial charge < -0.3 is 14.8 Å². The van der Waals surface area contributed by atoms with E-state index in [2.05, 4.69) is 15.5 Å². The Kier molecular flexibility index (Phi) is 4.34. The van der Waals surface area contributed by atoms with Crippen molar-refractivity contribution in [2.75, 3.05) is 21.3 Å². The summed E-state index contributed by atoms with van der Waals surface area (Å²) in [6.45, 7) is 2.05. The molecule has 1 atom stereocenters. The van der Waals surface area contributed by atoms with Gasteiger partial charge >= 0.3 is 0 Å². The van der Waals surface area contributed by atoms with Crippen LogP contribution in [0, 0.1) is 0 Å². The molecule has 0 spiro atoms. The Labute approximate surface area is 116 Å². The van der Waals surface area contributed by atoms with E-state index >= 15 is 0 Å². The number of aromatic nitrogens is 2. The molecule has 2 aromatic rings. The fourth-order valence-electron chi connectivity index (χ4n) is 1.70. The number of hydrogen-bond donors (Lipinski definition) is 1. The molecule has 1 unspecified atom stereocenters. The van der Waals surface area contributed by atoms with Crippen molar-refractivity contribution in [3.63, 3.8) is 0 Å². The monoisotopic (exact) mass is 279 g/mol. The Morgan fingerprint density at radius 1 is 1.16 bits per heavy atom. The number of benzene rings is 1. The van der Waals surface area contributed by atoms with Crippen LogP contribution in [-0.4, -0.2) is 31.5 Å². The van der Waals surface area contributed by atoms with Gasteiger partial charge in [-0.2, -0.15) is 0 Å². The zero-order valence-electron chi connectivity index (χ0n) is 11.4. The highest BCUT2D eigenvalue weighted by Gasteiger charge is 2.18. The maximum Gasteiger partial charge on any atom is 0.155 e. The highest BCUT2D eigenvalue weighted by molar-refractivity contribution is 7.14. The van der Waals surface area contributed by atoms with Crippen molar-refractivity contribution >= 4 is 11.3 Å². The van der Waals surface area contributed by atoms with Crippen molar-refractivity contribution in [3.8, 4) is 22.1 Å². The van der Waals surface area contributed by atoms with Crippen LogP contribution in [0.1, 0.15) is 18.0 Å². The van der Waals surface area contributed by atoms with Gasteiger partial charge in [-0.05, 0) is 26.1 Å². The maximum absolute atomic E-state index is 5.38. The van der Waals surface area contributed by atoms with Crippen LogP contribution in [0.2, 0.25) is 0 Å². The SMILES string of the molecule is CNC(C)c1nnc(-c2c(OC)cccc2OC)s1. The topological polar surface area (TPSA) is 56.3 Å². The summed E-state index contributed by atoms with van der Waals surface area (Å²) in [7, 11) is 5.17. The van der Waals surface area contributed by atoms with E-state index in [0.29, 0.717) is 0 Å². The Bertz CT molecular complexity index is 534. The van der Waals surface area contributed by atoms with Crippen LogP contribution in [0.4, 0.5) is 0 Å². The minimum Gasteiger partial charge on any atom is -0.496 e. The third kappa shape index (κ3) is 2.69. The van der Waals surface area contributed by atoms with Gasteiger partial charge in [0.05, 0.1) is 25.8 Å². The summed E-state index contributed by atoms with van der Waals surface area (Å²) in [6.07, 6.45) is 0. The van der Waals surface area contributed by atoms with Gasteiger partial charge in [-0.1, -0.05) is 17.4 Å². The van der Waals surface area contributed by atoms with Crippen molar-refractivity contribution in [3.05, 3.63) is 23.2 Å². The number of ether oxygens (including phenoxy) is 2. The molecule has 0 amide bonds. The molecule has 102 valence electrons. The van der Waals surface area contributed by atoms with Crippen molar-refractivity contribution in [2.24, 2.45) is 0 Å². The molecular weight excluding hydrogens is 262 g/mol. The predicted molar refractivity (Wildman–Crippen MR) is 75.9 cm³/mol. The highest BCUT2D eigenvalue weighted by atomic mass is 32.1. The van der Waals surface area contributed by atoms with Gasteiger partial charge in [-0.25, -0.2) is 0 Å². The molecule has 0 radical (unpaired) electrons. The van der Waals surface area contributed by atoms with E-state index in [-0.39, 0.29) is 6.04 Å². The Balaban J connectivity index is 2.48. The summed E-state index contributed by atoms with van der Waals surface area (Å²) in [4.78, 5) is 0. The smallest absolute Gasteiger partial charge is 0.155 e. The van der Waals surface area contributed by atoms with Crippen molar-refractivity contribution in [2.45, 2.75) is 13.0 Å². The van der Waals surface area contributed by atoms with Crippen LogP contribution < -0.4 is 14.8 Å². The molecule has 19 heavy (non-hydrogen) atoms. The molecule has 0 saturated carbocycles. The third-order valence-corrected chi connectivity index (χ3v) is 4.01. The van der Waals surface area contributed by atoms with Gasteiger partial charge in [0.15, 0.2) is 5.01 Å². The normalized spacial score (nSPS) is 12.2. The lowest BCUT2D eigenvalue weighted by Gasteiger charge is -2.10. The zero-order valence-corrected chi connectivity index (χ0v) is 12.2. The van der Waals surface area contributed by atoms with Crippen molar-refractivity contribution in [1.82, 2.24) is 15.5 Å². The molecule has 5 nitrogen and oxygen atoms in total. The molecular formula is C13H17N3O2S. The van der Waals surface area contributed by atoms with Gasteiger partial charge in [0.2, 0.25) is 0 Å². The molecule has 0 saturated heterocycles. The first-order valence-corrected chi connectivity index (χ1v) is 6.75.